The number of carbonyl (C=O) groups is 1. The van der Waals surface area contributed by atoms with Crippen molar-refractivity contribution in [3.05, 3.63) is 21.9 Å². The van der Waals surface area contributed by atoms with Crippen molar-refractivity contribution in [3.63, 3.8) is 0 Å². The summed E-state index contributed by atoms with van der Waals surface area (Å²) >= 11 is 1.78. The molecule has 0 aliphatic carbocycles. The van der Waals surface area contributed by atoms with Crippen molar-refractivity contribution >= 4 is 17.1 Å². The van der Waals surface area contributed by atoms with Gasteiger partial charge in [0.25, 0.3) is 0 Å². The summed E-state index contributed by atoms with van der Waals surface area (Å²) in [4.78, 5) is 14.7. The monoisotopic (exact) mass is 237 g/mol. The second-order valence-corrected chi connectivity index (χ2v) is 5.76. The Morgan fingerprint density at radius 2 is 2.25 bits per heavy atom. The predicted molar refractivity (Wildman–Crippen MR) is 68.0 cm³/mol. The maximum Gasteiger partial charge on any atom is 0.142 e. The minimum Gasteiger partial charge on any atom is -0.314 e. The molecular formula is C13H19NOS. The van der Waals surface area contributed by atoms with Crippen molar-refractivity contribution in [3.8, 4) is 0 Å². The lowest BCUT2D eigenvalue weighted by Crippen LogP contribution is -2.28. The van der Waals surface area contributed by atoms with Gasteiger partial charge in [0.2, 0.25) is 0 Å². The lowest BCUT2D eigenvalue weighted by molar-refractivity contribution is -0.122. The Hall–Kier alpha value is -0.670. The van der Waals surface area contributed by atoms with Gasteiger partial charge in [-0.05, 0) is 38.4 Å². The normalized spacial score (nSPS) is 24.9. The molecule has 1 aromatic rings. The fourth-order valence-corrected chi connectivity index (χ4v) is 3.28. The molecule has 2 rings (SSSR count). The van der Waals surface area contributed by atoms with Crippen molar-refractivity contribution in [2.45, 2.75) is 39.2 Å². The highest BCUT2D eigenvalue weighted by Gasteiger charge is 2.29. The van der Waals surface area contributed by atoms with Crippen molar-refractivity contribution in [1.82, 2.24) is 5.32 Å². The maximum atomic E-state index is 12.1. The summed E-state index contributed by atoms with van der Waals surface area (Å²) in [6.07, 6.45) is 2.70. The highest BCUT2D eigenvalue weighted by atomic mass is 32.1. The molecule has 16 heavy (non-hydrogen) atoms. The molecule has 2 nitrogen and oxygen atoms in total. The third kappa shape index (κ3) is 2.53. The van der Waals surface area contributed by atoms with E-state index in [2.05, 4.69) is 31.3 Å². The molecule has 88 valence electrons. The van der Waals surface area contributed by atoms with Gasteiger partial charge in [0.1, 0.15) is 5.78 Å². The molecule has 2 heterocycles. The zero-order chi connectivity index (χ0) is 11.5. The number of hydrogen-bond donors (Lipinski definition) is 1. The third-order valence-electron chi connectivity index (χ3n) is 3.35. The fourth-order valence-electron chi connectivity index (χ4n) is 2.31. The quantitative estimate of drug-likeness (QED) is 0.871. The van der Waals surface area contributed by atoms with Crippen LogP contribution in [0.1, 0.15) is 30.0 Å². The van der Waals surface area contributed by atoms with E-state index in [0.717, 1.165) is 19.4 Å². The molecule has 2 atom stereocenters. The van der Waals surface area contributed by atoms with Crippen LogP contribution in [-0.2, 0) is 17.6 Å². The van der Waals surface area contributed by atoms with Gasteiger partial charge in [0.15, 0.2) is 0 Å². The number of ketones is 1. The molecule has 0 radical (unpaired) electrons. The standard InChI is InChI=1S/C13H19NOS/c1-3-10-4-5-11(16-10)8-13(15)12-6-7-14-9(12)2/h4-5,9,12,14H,3,6-8H2,1-2H3. The second kappa shape index (κ2) is 5.11. The van der Waals surface area contributed by atoms with Crippen LogP contribution in [0.15, 0.2) is 12.1 Å². The Morgan fingerprint density at radius 3 is 2.81 bits per heavy atom. The van der Waals surface area contributed by atoms with E-state index >= 15 is 0 Å². The number of aryl methyl sites for hydroxylation is 1. The summed E-state index contributed by atoms with van der Waals surface area (Å²) in [5.41, 5.74) is 0. The molecule has 0 bridgehead atoms. The van der Waals surface area contributed by atoms with Crippen LogP contribution < -0.4 is 5.32 Å². The Kier molecular flexibility index (Phi) is 3.77. The molecule has 1 N–H and O–H groups in total. The zero-order valence-corrected chi connectivity index (χ0v) is 10.8. The van der Waals surface area contributed by atoms with Crippen LogP contribution in [0, 0.1) is 5.92 Å². The van der Waals surface area contributed by atoms with E-state index in [1.165, 1.54) is 9.75 Å². The van der Waals surface area contributed by atoms with Gasteiger partial charge in [-0.15, -0.1) is 11.3 Å². The summed E-state index contributed by atoms with van der Waals surface area (Å²) in [6.45, 7) is 5.25. The highest BCUT2D eigenvalue weighted by Crippen LogP contribution is 2.22. The molecule has 0 aromatic carbocycles. The average Bonchev–Trinajstić information content (AvgIpc) is 2.86. The van der Waals surface area contributed by atoms with E-state index in [9.17, 15) is 4.79 Å². The summed E-state index contributed by atoms with van der Waals surface area (Å²) < 4.78 is 0. The summed E-state index contributed by atoms with van der Waals surface area (Å²) in [5.74, 6) is 0.633. The first-order chi connectivity index (χ1) is 7.70. The largest absolute Gasteiger partial charge is 0.314 e. The first kappa shape index (κ1) is 11.8. The number of nitrogens with one attached hydrogen (secondary N) is 1. The lowest BCUT2D eigenvalue weighted by atomic mass is 9.94. The minimum absolute atomic E-state index is 0.229. The van der Waals surface area contributed by atoms with Crippen LogP contribution >= 0.6 is 11.3 Å². The van der Waals surface area contributed by atoms with E-state index in [-0.39, 0.29) is 5.92 Å². The van der Waals surface area contributed by atoms with Crippen LogP contribution in [0.3, 0.4) is 0 Å². The van der Waals surface area contributed by atoms with Gasteiger partial charge < -0.3 is 5.32 Å². The van der Waals surface area contributed by atoms with Crippen LogP contribution in [-0.4, -0.2) is 18.4 Å². The average molecular weight is 237 g/mol. The number of thiophene rings is 1. The molecule has 2 unspecified atom stereocenters. The third-order valence-corrected chi connectivity index (χ3v) is 4.58. The van der Waals surface area contributed by atoms with Crippen molar-refractivity contribution in [2.24, 2.45) is 5.92 Å². The second-order valence-electron chi connectivity index (χ2n) is 4.50. The summed E-state index contributed by atoms with van der Waals surface area (Å²) in [7, 11) is 0. The molecule has 1 fully saturated rings. The topological polar surface area (TPSA) is 29.1 Å². The zero-order valence-electron chi connectivity index (χ0n) is 9.95. The number of carbonyl (C=O) groups excluding carboxylic acids is 1. The summed E-state index contributed by atoms with van der Waals surface area (Å²) in [6, 6.07) is 4.61. The molecule has 1 aromatic heterocycles. The van der Waals surface area contributed by atoms with E-state index < -0.39 is 0 Å². The number of Topliss-reactive ketones (excluding diaryl/α,β-unsaturated/α-hetero) is 1. The maximum absolute atomic E-state index is 12.1. The van der Waals surface area contributed by atoms with E-state index in [0.29, 0.717) is 18.2 Å². The van der Waals surface area contributed by atoms with Crippen molar-refractivity contribution in [2.75, 3.05) is 6.54 Å². The first-order valence-corrected chi connectivity index (χ1v) is 6.86. The minimum atomic E-state index is 0.229. The Bertz CT molecular complexity index is 372. The number of hydrogen-bond acceptors (Lipinski definition) is 3. The molecule has 1 aliphatic heterocycles. The molecule has 0 saturated carbocycles. The molecule has 0 amide bonds. The molecule has 1 saturated heterocycles. The van der Waals surface area contributed by atoms with E-state index in [4.69, 9.17) is 0 Å². The highest BCUT2D eigenvalue weighted by molar-refractivity contribution is 7.12. The summed E-state index contributed by atoms with van der Waals surface area (Å²) in [5, 5.41) is 3.34. The smallest absolute Gasteiger partial charge is 0.142 e. The fraction of sp³-hybridized carbons (Fsp3) is 0.615. The first-order valence-electron chi connectivity index (χ1n) is 6.04. The molecular weight excluding hydrogens is 218 g/mol. The lowest BCUT2D eigenvalue weighted by Gasteiger charge is -2.12. The van der Waals surface area contributed by atoms with Crippen LogP contribution in [0.2, 0.25) is 0 Å². The number of rotatable bonds is 4. The Labute approximate surface area is 101 Å². The van der Waals surface area contributed by atoms with Gasteiger partial charge in [-0.25, -0.2) is 0 Å². The predicted octanol–water partition coefficient (Wildman–Crippen LogP) is 2.42. The molecule has 1 aliphatic rings. The van der Waals surface area contributed by atoms with Crippen LogP contribution in [0.25, 0.3) is 0 Å². The van der Waals surface area contributed by atoms with Gasteiger partial charge >= 0.3 is 0 Å². The SMILES string of the molecule is CCc1ccc(CC(=O)C2CCNC2C)s1. The van der Waals surface area contributed by atoms with Crippen molar-refractivity contribution in [1.29, 1.82) is 0 Å². The van der Waals surface area contributed by atoms with Gasteiger partial charge in [-0.1, -0.05) is 6.92 Å². The molecule has 0 spiro atoms. The van der Waals surface area contributed by atoms with Gasteiger partial charge in [0.05, 0.1) is 0 Å². The Balaban J connectivity index is 1.96. The molecule has 3 heteroatoms. The van der Waals surface area contributed by atoms with Crippen molar-refractivity contribution < 1.29 is 4.79 Å². The Morgan fingerprint density at radius 1 is 1.50 bits per heavy atom. The van der Waals surface area contributed by atoms with Gasteiger partial charge in [-0.3, -0.25) is 4.79 Å². The van der Waals surface area contributed by atoms with Gasteiger partial charge in [-0.2, -0.15) is 0 Å². The van der Waals surface area contributed by atoms with Crippen LogP contribution in [0.5, 0.6) is 0 Å². The van der Waals surface area contributed by atoms with E-state index in [1.807, 2.05) is 0 Å². The van der Waals surface area contributed by atoms with Crippen LogP contribution in [0.4, 0.5) is 0 Å². The van der Waals surface area contributed by atoms with Gasteiger partial charge in [0, 0.05) is 28.1 Å². The van der Waals surface area contributed by atoms with E-state index in [1.54, 1.807) is 11.3 Å².